The lowest BCUT2D eigenvalue weighted by atomic mass is 10.0. The van der Waals surface area contributed by atoms with Crippen LogP contribution in [-0.4, -0.2) is 25.7 Å². The highest BCUT2D eigenvalue weighted by molar-refractivity contribution is 4.85. The summed E-state index contributed by atoms with van der Waals surface area (Å²) >= 11 is 0. The lowest BCUT2D eigenvalue weighted by Gasteiger charge is -2.21. The van der Waals surface area contributed by atoms with Gasteiger partial charge in [-0.05, 0) is 50.5 Å². The van der Waals surface area contributed by atoms with E-state index in [0.717, 1.165) is 18.2 Å². The monoisotopic (exact) mass is 267 g/mol. The van der Waals surface area contributed by atoms with Crippen LogP contribution < -0.4 is 5.32 Å². The minimum Gasteiger partial charge on any atom is -0.305 e. The van der Waals surface area contributed by atoms with Crippen LogP contribution in [0.3, 0.4) is 0 Å². The van der Waals surface area contributed by atoms with Gasteiger partial charge in [-0.1, -0.05) is 26.7 Å². The van der Waals surface area contributed by atoms with Crippen LogP contribution in [0.15, 0.2) is 0 Å². The lowest BCUT2D eigenvalue weighted by molar-refractivity contribution is 0.374. The second kappa shape index (κ2) is 6.98. The molecular formula is C14H29N5. The first-order chi connectivity index (χ1) is 8.79. The van der Waals surface area contributed by atoms with E-state index in [1.165, 1.54) is 12.8 Å². The minimum atomic E-state index is 0.0810. The largest absolute Gasteiger partial charge is 0.305 e. The van der Waals surface area contributed by atoms with Crippen LogP contribution in [0.5, 0.6) is 0 Å². The van der Waals surface area contributed by atoms with E-state index in [0.29, 0.717) is 12.6 Å². The van der Waals surface area contributed by atoms with Gasteiger partial charge in [-0.25, -0.2) is 4.68 Å². The second-order valence-electron chi connectivity index (χ2n) is 6.82. The number of rotatable bonds is 7. The Balaban J connectivity index is 2.51. The molecule has 1 aromatic heterocycles. The average Bonchev–Trinajstić information content (AvgIpc) is 2.72. The first kappa shape index (κ1) is 16.1. The average molecular weight is 267 g/mol. The Morgan fingerprint density at radius 3 is 2.42 bits per heavy atom. The standard InChI is InChI=1S/C14H29N5/c1-11(2)8-7-9-12(3)19-13(16-17-18-19)10-15-14(4,5)6/h11-12,15H,7-10H2,1-6H3. The van der Waals surface area contributed by atoms with Crippen molar-refractivity contribution in [3.63, 3.8) is 0 Å². The lowest BCUT2D eigenvalue weighted by Crippen LogP contribution is -2.36. The summed E-state index contributed by atoms with van der Waals surface area (Å²) in [5.74, 6) is 1.69. The molecule has 1 aromatic rings. The predicted octanol–water partition coefficient (Wildman–Crippen LogP) is 2.95. The van der Waals surface area contributed by atoms with Gasteiger partial charge in [0, 0.05) is 5.54 Å². The number of nitrogens with one attached hydrogen (secondary N) is 1. The van der Waals surface area contributed by atoms with Crippen LogP contribution in [0, 0.1) is 5.92 Å². The fraction of sp³-hybridized carbons (Fsp3) is 0.929. The highest BCUT2D eigenvalue weighted by Gasteiger charge is 2.15. The van der Waals surface area contributed by atoms with Crippen molar-refractivity contribution in [3.8, 4) is 0 Å². The van der Waals surface area contributed by atoms with Crippen LogP contribution in [-0.2, 0) is 6.54 Å². The van der Waals surface area contributed by atoms with Gasteiger partial charge < -0.3 is 5.32 Å². The van der Waals surface area contributed by atoms with Gasteiger partial charge in [-0.2, -0.15) is 0 Å². The first-order valence-corrected chi connectivity index (χ1v) is 7.31. The molecule has 0 saturated carbocycles. The maximum atomic E-state index is 4.13. The van der Waals surface area contributed by atoms with Gasteiger partial charge in [0.05, 0.1) is 12.6 Å². The quantitative estimate of drug-likeness (QED) is 0.825. The fourth-order valence-corrected chi connectivity index (χ4v) is 1.96. The molecule has 1 heterocycles. The Kier molecular flexibility index (Phi) is 5.91. The molecule has 5 nitrogen and oxygen atoms in total. The molecule has 1 unspecified atom stereocenters. The molecule has 0 radical (unpaired) electrons. The molecule has 0 aliphatic rings. The molecule has 0 aliphatic heterocycles. The molecule has 0 bridgehead atoms. The zero-order valence-electron chi connectivity index (χ0n) is 13.3. The van der Waals surface area contributed by atoms with Gasteiger partial charge >= 0.3 is 0 Å². The number of tetrazole rings is 1. The summed E-state index contributed by atoms with van der Waals surface area (Å²) in [6, 6.07) is 0.366. The molecule has 0 aromatic carbocycles. The molecule has 110 valence electrons. The third-order valence-corrected chi connectivity index (χ3v) is 3.16. The molecule has 0 saturated heterocycles. The van der Waals surface area contributed by atoms with Crippen LogP contribution in [0.2, 0.25) is 0 Å². The van der Waals surface area contributed by atoms with Gasteiger partial charge in [-0.15, -0.1) is 5.10 Å². The van der Waals surface area contributed by atoms with Crippen molar-refractivity contribution < 1.29 is 0 Å². The summed E-state index contributed by atoms with van der Waals surface area (Å²) in [5, 5.41) is 15.5. The molecule has 19 heavy (non-hydrogen) atoms. The van der Waals surface area contributed by atoms with Crippen LogP contribution >= 0.6 is 0 Å². The molecule has 1 N–H and O–H groups in total. The van der Waals surface area contributed by atoms with Crippen molar-refractivity contribution >= 4 is 0 Å². The summed E-state index contributed by atoms with van der Waals surface area (Å²) in [6.45, 7) is 13.9. The Hall–Kier alpha value is -0.970. The maximum Gasteiger partial charge on any atom is 0.165 e. The number of nitrogens with zero attached hydrogens (tertiary/aromatic N) is 4. The zero-order valence-corrected chi connectivity index (χ0v) is 13.3. The van der Waals surface area contributed by atoms with Crippen molar-refractivity contribution in [2.45, 2.75) is 78.9 Å². The molecule has 0 spiro atoms. The Bertz CT molecular complexity index is 364. The third-order valence-electron chi connectivity index (χ3n) is 3.16. The van der Waals surface area contributed by atoms with E-state index < -0.39 is 0 Å². The van der Waals surface area contributed by atoms with E-state index in [-0.39, 0.29) is 5.54 Å². The highest BCUT2D eigenvalue weighted by Crippen LogP contribution is 2.17. The van der Waals surface area contributed by atoms with Crippen molar-refractivity contribution in [2.75, 3.05) is 0 Å². The summed E-state index contributed by atoms with van der Waals surface area (Å²) in [4.78, 5) is 0. The smallest absolute Gasteiger partial charge is 0.165 e. The van der Waals surface area contributed by atoms with E-state index in [4.69, 9.17) is 0 Å². The summed E-state index contributed by atoms with van der Waals surface area (Å²) in [6.07, 6.45) is 3.62. The van der Waals surface area contributed by atoms with E-state index >= 15 is 0 Å². The summed E-state index contributed by atoms with van der Waals surface area (Å²) < 4.78 is 1.96. The van der Waals surface area contributed by atoms with Crippen molar-refractivity contribution in [1.29, 1.82) is 0 Å². The van der Waals surface area contributed by atoms with Gasteiger partial charge in [0.1, 0.15) is 0 Å². The van der Waals surface area contributed by atoms with Gasteiger partial charge in [0.15, 0.2) is 5.82 Å². The van der Waals surface area contributed by atoms with Gasteiger partial charge in [0.2, 0.25) is 0 Å². The molecule has 5 heteroatoms. The van der Waals surface area contributed by atoms with Gasteiger partial charge in [0.25, 0.3) is 0 Å². The highest BCUT2D eigenvalue weighted by atomic mass is 15.6. The topological polar surface area (TPSA) is 55.6 Å². The number of hydrogen-bond acceptors (Lipinski definition) is 4. The Morgan fingerprint density at radius 1 is 1.16 bits per heavy atom. The van der Waals surface area contributed by atoms with E-state index in [9.17, 15) is 0 Å². The van der Waals surface area contributed by atoms with Gasteiger partial charge in [-0.3, -0.25) is 0 Å². The molecule has 0 amide bonds. The zero-order chi connectivity index (χ0) is 14.5. The minimum absolute atomic E-state index is 0.0810. The second-order valence-corrected chi connectivity index (χ2v) is 6.82. The SMILES string of the molecule is CC(C)CCCC(C)n1nnnc1CNC(C)(C)C. The van der Waals surface area contributed by atoms with Crippen molar-refractivity contribution in [3.05, 3.63) is 5.82 Å². The van der Waals surface area contributed by atoms with Crippen molar-refractivity contribution in [1.82, 2.24) is 25.5 Å². The number of hydrogen-bond donors (Lipinski definition) is 1. The Labute approximate surface area is 117 Å². The molecule has 1 atom stereocenters. The third kappa shape index (κ3) is 6.14. The summed E-state index contributed by atoms with van der Waals surface area (Å²) in [5.41, 5.74) is 0.0810. The van der Waals surface area contributed by atoms with Crippen molar-refractivity contribution in [2.24, 2.45) is 5.92 Å². The van der Waals surface area contributed by atoms with E-state index in [1.807, 2.05) is 4.68 Å². The summed E-state index contributed by atoms with van der Waals surface area (Å²) in [7, 11) is 0. The fourth-order valence-electron chi connectivity index (χ4n) is 1.96. The van der Waals surface area contributed by atoms with E-state index in [1.54, 1.807) is 0 Å². The predicted molar refractivity (Wildman–Crippen MR) is 77.8 cm³/mol. The number of aromatic nitrogens is 4. The normalized spacial score (nSPS) is 14.1. The van der Waals surface area contributed by atoms with E-state index in [2.05, 4.69) is 62.4 Å². The van der Waals surface area contributed by atoms with Crippen LogP contribution in [0.4, 0.5) is 0 Å². The van der Waals surface area contributed by atoms with Crippen LogP contribution in [0.25, 0.3) is 0 Å². The molecular weight excluding hydrogens is 238 g/mol. The first-order valence-electron chi connectivity index (χ1n) is 7.31. The molecule has 0 aliphatic carbocycles. The molecule has 0 fully saturated rings. The Morgan fingerprint density at radius 2 is 1.84 bits per heavy atom. The maximum absolute atomic E-state index is 4.13. The molecule has 1 rings (SSSR count). The van der Waals surface area contributed by atoms with Crippen LogP contribution in [0.1, 0.15) is 72.7 Å².